The van der Waals surface area contributed by atoms with E-state index in [1.807, 2.05) is 0 Å². The summed E-state index contributed by atoms with van der Waals surface area (Å²) < 4.78 is 1.15. The van der Waals surface area contributed by atoms with Crippen molar-refractivity contribution in [1.82, 2.24) is 10.3 Å². The van der Waals surface area contributed by atoms with Crippen LogP contribution in [0.4, 0.5) is 0 Å². The zero-order valence-corrected chi connectivity index (χ0v) is 12.8. The van der Waals surface area contributed by atoms with Crippen molar-refractivity contribution >= 4 is 27.3 Å². The summed E-state index contributed by atoms with van der Waals surface area (Å²) >= 11 is 5.36. The molecule has 1 unspecified atom stereocenters. The summed E-state index contributed by atoms with van der Waals surface area (Å²) in [6.07, 6.45) is 2.60. The van der Waals surface area contributed by atoms with Gasteiger partial charge in [0.1, 0.15) is 0 Å². The van der Waals surface area contributed by atoms with Gasteiger partial charge in [-0.25, -0.2) is 0 Å². The Morgan fingerprint density at radius 2 is 2.12 bits per heavy atom. The van der Waals surface area contributed by atoms with Gasteiger partial charge in [0.25, 0.3) is 0 Å². The number of nitrogens with one attached hydrogen (secondary N) is 1. The third-order valence-electron chi connectivity index (χ3n) is 3.70. The fourth-order valence-corrected chi connectivity index (χ4v) is 4.43. The molecule has 1 aliphatic heterocycles. The van der Waals surface area contributed by atoms with Gasteiger partial charge < -0.3 is 0 Å². The van der Waals surface area contributed by atoms with Crippen LogP contribution in [-0.2, 0) is 0 Å². The molecule has 0 bridgehead atoms. The number of thiophene rings is 1. The van der Waals surface area contributed by atoms with Crippen LogP contribution >= 0.6 is 27.3 Å². The Labute approximate surface area is 115 Å². The minimum atomic E-state index is 0.0403. The van der Waals surface area contributed by atoms with E-state index < -0.39 is 0 Å². The normalized spacial score (nSPS) is 19.8. The van der Waals surface area contributed by atoms with Crippen LogP contribution in [0, 0.1) is 0 Å². The summed E-state index contributed by atoms with van der Waals surface area (Å²) in [5.74, 6) is 5.80. The molecule has 3 nitrogen and oxygen atoms in total. The average Bonchev–Trinajstić information content (AvgIpc) is 2.91. The number of halogens is 1. The molecule has 1 aliphatic rings. The maximum atomic E-state index is 5.80. The molecule has 0 amide bonds. The van der Waals surface area contributed by atoms with E-state index in [9.17, 15) is 0 Å². The molecule has 3 N–H and O–H groups in total. The molecule has 1 fully saturated rings. The molecule has 1 aromatic rings. The first-order valence-corrected chi connectivity index (χ1v) is 7.68. The number of nitrogens with zero attached hydrogens (tertiary/aromatic N) is 1. The first kappa shape index (κ1) is 13.5. The van der Waals surface area contributed by atoms with Gasteiger partial charge in [-0.15, -0.1) is 11.3 Å². The van der Waals surface area contributed by atoms with E-state index in [-0.39, 0.29) is 11.6 Å². The Kier molecular flexibility index (Phi) is 4.26. The van der Waals surface area contributed by atoms with Crippen LogP contribution in [-0.4, -0.2) is 23.5 Å². The fourth-order valence-electron chi connectivity index (χ4n) is 2.59. The molecule has 5 heteroatoms. The van der Waals surface area contributed by atoms with Gasteiger partial charge >= 0.3 is 0 Å². The van der Waals surface area contributed by atoms with Crippen molar-refractivity contribution in [2.45, 2.75) is 38.3 Å². The zero-order valence-electron chi connectivity index (χ0n) is 10.4. The van der Waals surface area contributed by atoms with Crippen molar-refractivity contribution in [2.24, 2.45) is 5.84 Å². The smallest absolute Gasteiger partial charge is 0.0742 e. The number of hydrazine groups is 1. The predicted octanol–water partition coefficient (Wildman–Crippen LogP) is 2.89. The van der Waals surface area contributed by atoms with Crippen molar-refractivity contribution in [1.29, 1.82) is 0 Å². The molecule has 96 valence electrons. The van der Waals surface area contributed by atoms with Gasteiger partial charge in [0, 0.05) is 14.9 Å². The van der Waals surface area contributed by atoms with Crippen LogP contribution in [0.2, 0.25) is 0 Å². The Morgan fingerprint density at radius 1 is 1.47 bits per heavy atom. The van der Waals surface area contributed by atoms with Gasteiger partial charge in [-0.1, -0.05) is 0 Å². The number of likely N-dealkylation sites (tertiary alicyclic amines) is 1. The van der Waals surface area contributed by atoms with Crippen molar-refractivity contribution in [3.63, 3.8) is 0 Å². The summed E-state index contributed by atoms with van der Waals surface area (Å²) in [5, 5.41) is 2.10. The van der Waals surface area contributed by atoms with Crippen LogP contribution < -0.4 is 11.3 Å². The lowest BCUT2D eigenvalue weighted by molar-refractivity contribution is 0.108. The summed E-state index contributed by atoms with van der Waals surface area (Å²) in [5.41, 5.74) is 3.04. The lowest BCUT2D eigenvalue weighted by Gasteiger charge is -2.41. The molecule has 0 aliphatic carbocycles. The molecule has 0 aromatic carbocycles. The van der Waals surface area contributed by atoms with Gasteiger partial charge in [-0.2, -0.15) is 0 Å². The van der Waals surface area contributed by atoms with Crippen LogP contribution in [0.5, 0.6) is 0 Å². The lowest BCUT2D eigenvalue weighted by atomic mass is 9.92. The van der Waals surface area contributed by atoms with Gasteiger partial charge in [0.15, 0.2) is 0 Å². The number of nitrogens with two attached hydrogens (primary N) is 1. The predicted molar refractivity (Wildman–Crippen MR) is 77.0 cm³/mol. The SMILES string of the molecule is CC(C)(C(NN)c1sccc1Br)N1CCCC1. The highest BCUT2D eigenvalue weighted by molar-refractivity contribution is 9.10. The molecule has 1 saturated heterocycles. The summed E-state index contributed by atoms with van der Waals surface area (Å²) in [6, 6.07) is 2.25. The van der Waals surface area contributed by atoms with E-state index in [1.165, 1.54) is 30.8 Å². The maximum Gasteiger partial charge on any atom is 0.0742 e. The van der Waals surface area contributed by atoms with E-state index in [2.05, 4.69) is 51.5 Å². The first-order chi connectivity index (χ1) is 8.07. The molecule has 0 radical (unpaired) electrons. The molecule has 0 spiro atoms. The Bertz CT molecular complexity index is 372. The van der Waals surface area contributed by atoms with Crippen LogP contribution in [0.15, 0.2) is 15.9 Å². The molecule has 1 atom stereocenters. The highest BCUT2D eigenvalue weighted by Gasteiger charge is 2.38. The fraction of sp³-hybridized carbons (Fsp3) is 0.667. The van der Waals surface area contributed by atoms with E-state index in [0.717, 1.165) is 4.47 Å². The number of hydrogen-bond acceptors (Lipinski definition) is 4. The van der Waals surface area contributed by atoms with Gasteiger partial charge in [-0.3, -0.25) is 16.2 Å². The minimum Gasteiger partial charge on any atom is -0.296 e. The number of rotatable bonds is 4. The molecule has 2 rings (SSSR count). The Hall–Kier alpha value is 0.0600. The minimum absolute atomic E-state index is 0.0403. The topological polar surface area (TPSA) is 41.3 Å². The van der Waals surface area contributed by atoms with Crippen molar-refractivity contribution < 1.29 is 0 Å². The van der Waals surface area contributed by atoms with E-state index in [0.29, 0.717) is 0 Å². The third kappa shape index (κ3) is 2.58. The maximum absolute atomic E-state index is 5.80. The quantitative estimate of drug-likeness (QED) is 0.662. The molecule has 17 heavy (non-hydrogen) atoms. The summed E-state index contributed by atoms with van der Waals surface area (Å²) in [6.45, 7) is 6.90. The number of hydrogen-bond donors (Lipinski definition) is 2. The van der Waals surface area contributed by atoms with Crippen molar-refractivity contribution in [2.75, 3.05) is 13.1 Å². The second-order valence-corrected chi connectivity index (χ2v) is 6.88. The Morgan fingerprint density at radius 3 is 2.59 bits per heavy atom. The third-order valence-corrected chi connectivity index (χ3v) is 5.64. The van der Waals surface area contributed by atoms with E-state index in [4.69, 9.17) is 5.84 Å². The van der Waals surface area contributed by atoms with E-state index in [1.54, 1.807) is 11.3 Å². The highest BCUT2D eigenvalue weighted by atomic mass is 79.9. The molecular weight excluding hydrogens is 298 g/mol. The van der Waals surface area contributed by atoms with Crippen LogP contribution in [0.3, 0.4) is 0 Å². The summed E-state index contributed by atoms with van der Waals surface area (Å²) in [7, 11) is 0. The second kappa shape index (κ2) is 5.36. The summed E-state index contributed by atoms with van der Waals surface area (Å²) in [4.78, 5) is 3.81. The van der Waals surface area contributed by atoms with Crippen molar-refractivity contribution in [3.8, 4) is 0 Å². The second-order valence-electron chi connectivity index (χ2n) is 5.08. The van der Waals surface area contributed by atoms with E-state index >= 15 is 0 Å². The molecule has 2 heterocycles. The monoisotopic (exact) mass is 317 g/mol. The molecule has 0 saturated carbocycles. The van der Waals surface area contributed by atoms with Gasteiger partial charge in [-0.05, 0) is 67.2 Å². The van der Waals surface area contributed by atoms with Gasteiger partial charge in [0.2, 0.25) is 0 Å². The van der Waals surface area contributed by atoms with Crippen molar-refractivity contribution in [3.05, 3.63) is 20.8 Å². The first-order valence-electron chi connectivity index (χ1n) is 6.01. The Balaban J connectivity index is 2.25. The van der Waals surface area contributed by atoms with Crippen LogP contribution in [0.1, 0.15) is 37.6 Å². The van der Waals surface area contributed by atoms with Gasteiger partial charge in [0.05, 0.1) is 6.04 Å². The molecular formula is C12H20BrN3S. The zero-order chi connectivity index (χ0) is 12.5. The standard InChI is InChI=1S/C12H20BrN3S/c1-12(2,16-6-3-4-7-16)11(15-14)10-9(13)5-8-17-10/h5,8,11,15H,3-4,6-7,14H2,1-2H3. The highest BCUT2D eigenvalue weighted by Crippen LogP contribution is 2.38. The molecule has 1 aromatic heterocycles. The largest absolute Gasteiger partial charge is 0.296 e. The average molecular weight is 318 g/mol. The van der Waals surface area contributed by atoms with Crippen LogP contribution in [0.25, 0.3) is 0 Å². The lowest BCUT2D eigenvalue weighted by Crippen LogP contribution is -2.53.